The smallest absolute Gasteiger partial charge is 0.333 e. The van der Waals surface area contributed by atoms with E-state index in [0.717, 1.165) is 30.8 Å². The molecule has 0 saturated carbocycles. The summed E-state index contributed by atoms with van der Waals surface area (Å²) >= 11 is 0. The first-order valence-corrected chi connectivity index (χ1v) is 10.3. The number of rotatable bonds is 8. The molecule has 1 aliphatic heterocycles. The minimum Gasteiger partial charge on any atom is -0.464 e. The number of nitrogens with zero attached hydrogens (tertiary/aromatic N) is 1. The number of esters is 1. The van der Waals surface area contributed by atoms with E-state index in [2.05, 4.69) is 35.3 Å². The van der Waals surface area contributed by atoms with Gasteiger partial charge in [-0.2, -0.15) is 0 Å². The normalized spacial score (nSPS) is 14.0. The van der Waals surface area contributed by atoms with Crippen LogP contribution in [0.3, 0.4) is 0 Å². The van der Waals surface area contributed by atoms with Gasteiger partial charge in [0.25, 0.3) is 0 Å². The lowest BCUT2D eigenvalue weighted by Gasteiger charge is -2.24. The third-order valence-corrected chi connectivity index (χ3v) is 5.24. The van der Waals surface area contributed by atoms with Crippen LogP contribution < -0.4 is 16.0 Å². The Balaban J connectivity index is 0.00000320. The lowest BCUT2D eigenvalue weighted by molar-refractivity contribution is -0.144. The summed E-state index contributed by atoms with van der Waals surface area (Å²) in [5.74, 6) is -0.284. The number of ether oxygens (including phenoxy) is 1. The molecule has 0 amide bonds. The number of anilines is 2. The zero-order valence-electron chi connectivity index (χ0n) is 17.6. The van der Waals surface area contributed by atoms with E-state index in [4.69, 9.17) is 15.9 Å². The highest BCUT2D eigenvalue weighted by atomic mass is 35.5. The molecular formula is C23H31ClN4O2. The first-order chi connectivity index (χ1) is 14.0. The number of amidine groups is 1. The number of benzene rings is 2. The maximum absolute atomic E-state index is 12.8. The molecule has 6 nitrogen and oxygen atoms in total. The maximum Gasteiger partial charge on any atom is 0.333 e. The molecule has 0 spiro atoms. The van der Waals surface area contributed by atoms with Crippen molar-refractivity contribution in [3.63, 3.8) is 0 Å². The fourth-order valence-corrected chi connectivity index (χ4v) is 3.65. The quantitative estimate of drug-likeness (QED) is 0.330. The summed E-state index contributed by atoms with van der Waals surface area (Å²) in [4.78, 5) is 15.2. The number of nitrogens with two attached hydrogens (primary N) is 1. The zero-order valence-corrected chi connectivity index (χ0v) is 18.4. The summed E-state index contributed by atoms with van der Waals surface area (Å²) in [6.07, 6.45) is 3.30. The molecule has 0 aliphatic carbocycles. The molecule has 1 atom stereocenters. The highest BCUT2D eigenvalue weighted by Gasteiger charge is 2.24. The van der Waals surface area contributed by atoms with Crippen LogP contribution in [0.15, 0.2) is 42.5 Å². The van der Waals surface area contributed by atoms with Gasteiger partial charge >= 0.3 is 5.97 Å². The Morgan fingerprint density at radius 1 is 1.17 bits per heavy atom. The SMILES string of the molecule is CCOC(=O)C(Nc1ccc(C(=N)N)cc1)c1cc(CC)cc(N2CCCC2)c1.Cl. The minimum atomic E-state index is -0.606. The second kappa shape index (κ2) is 10.9. The van der Waals surface area contributed by atoms with Crippen LogP contribution >= 0.6 is 12.4 Å². The largest absolute Gasteiger partial charge is 0.464 e. The van der Waals surface area contributed by atoms with Gasteiger partial charge in [-0.3, -0.25) is 5.41 Å². The number of aryl methyl sites for hydroxylation is 1. The lowest BCUT2D eigenvalue weighted by atomic mass is 10.0. The fraction of sp³-hybridized carbons (Fsp3) is 0.391. The van der Waals surface area contributed by atoms with Gasteiger partial charge in [0, 0.05) is 30.0 Å². The van der Waals surface area contributed by atoms with E-state index < -0.39 is 6.04 Å². The van der Waals surface area contributed by atoms with Crippen molar-refractivity contribution in [2.24, 2.45) is 5.73 Å². The molecule has 0 bridgehead atoms. The topological polar surface area (TPSA) is 91.4 Å². The minimum absolute atomic E-state index is 0. The van der Waals surface area contributed by atoms with Gasteiger partial charge in [-0.25, -0.2) is 4.79 Å². The molecule has 2 aromatic carbocycles. The highest BCUT2D eigenvalue weighted by molar-refractivity contribution is 5.95. The number of nitrogens with one attached hydrogen (secondary N) is 2. The van der Waals surface area contributed by atoms with E-state index in [1.54, 1.807) is 12.1 Å². The number of hydrogen-bond donors (Lipinski definition) is 3. The number of carbonyl (C=O) groups is 1. The van der Waals surface area contributed by atoms with Gasteiger partial charge in [-0.1, -0.05) is 13.0 Å². The number of hydrogen-bond acceptors (Lipinski definition) is 5. The van der Waals surface area contributed by atoms with Crippen LogP contribution in [0.1, 0.15) is 49.4 Å². The van der Waals surface area contributed by atoms with Gasteiger partial charge in [0.15, 0.2) is 6.04 Å². The van der Waals surface area contributed by atoms with Crippen LogP contribution in [0.25, 0.3) is 0 Å². The Morgan fingerprint density at radius 3 is 2.40 bits per heavy atom. The second-order valence-electron chi connectivity index (χ2n) is 7.30. The van der Waals surface area contributed by atoms with Gasteiger partial charge in [0.1, 0.15) is 5.84 Å². The van der Waals surface area contributed by atoms with Gasteiger partial charge < -0.3 is 20.7 Å². The van der Waals surface area contributed by atoms with Crippen molar-refractivity contribution in [1.82, 2.24) is 0 Å². The molecule has 30 heavy (non-hydrogen) atoms. The van der Waals surface area contributed by atoms with Crippen molar-refractivity contribution < 1.29 is 9.53 Å². The second-order valence-corrected chi connectivity index (χ2v) is 7.30. The molecule has 1 heterocycles. The van der Waals surface area contributed by atoms with Gasteiger partial charge in [-0.05, 0) is 73.7 Å². The lowest BCUT2D eigenvalue weighted by Crippen LogP contribution is -2.25. The Bertz CT molecular complexity index is 864. The van der Waals surface area contributed by atoms with Gasteiger partial charge in [0.2, 0.25) is 0 Å². The fourth-order valence-electron chi connectivity index (χ4n) is 3.65. The van der Waals surface area contributed by atoms with Crippen molar-refractivity contribution in [2.45, 2.75) is 39.2 Å². The molecular weight excluding hydrogens is 400 g/mol. The average molecular weight is 431 g/mol. The van der Waals surface area contributed by atoms with E-state index in [-0.39, 0.29) is 24.2 Å². The Labute approximate surface area is 184 Å². The molecule has 0 radical (unpaired) electrons. The summed E-state index contributed by atoms with van der Waals surface area (Å²) in [5, 5.41) is 10.8. The van der Waals surface area contributed by atoms with Crippen molar-refractivity contribution in [1.29, 1.82) is 5.41 Å². The van der Waals surface area contributed by atoms with Crippen LogP contribution in [0.2, 0.25) is 0 Å². The summed E-state index contributed by atoms with van der Waals surface area (Å²) in [6.45, 7) is 6.37. The van der Waals surface area contributed by atoms with Crippen LogP contribution in [-0.4, -0.2) is 31.5 Å². The highest BCUT2D eigenvalue weighted by Crippen LogP contribution is 2.29. The zero-order chi connectivity index (χ0) is 20.8. The third kappa shape index (κ3) is 5.66. The number of nitrogen functional groups attached to an aromatic ring is 1. The number of halogens is 1. The summed E-state index contributed by atoms with van der Waals surface area (Å²) in [5.41, 5.74) is 10.2. The van der Waals surface area contributed by atoms with E-state index in [0.29, 0.717) is 12.2 Å². The standard InChI is InChI=1S/C23H30N4O2.ClH/c1-3-16-13-18(15-20(14-16)27-11-5-6-12-27)21(23(28)29-4-2)26-19-9-7-17(8-10-19)22(24)25;/h7-10,13-15,21,26H,3-6,11-12H2,1-2H3,(H3,24,25);1H. The first-order valence-electron chi connectivity index (χ1n) is 10.3. The first kappa shape index (κ1) is 23.5. The Kier molecular flexibility index (Phi) is 8.54. The molecule has 1 saturated heterocycles. The van der Waals surface area contributed by atoms with Crippen molar-refractivity contribution >= 4 is 35.6 Å². The molecule has 1 aliphatic rings. The van der Waals surface area contributed by atoms with Crippen LogP contribution in [0.5, 0.6) is 0 Å². The Hall–Kier alpha value is -2.73. The molecule has 162 valence electrons. The summed E-state index contributed by atoms with van der Waals surface area (Å²) in [7, 11) is 0. The molecule has 7 heteroatoms. The molecule has 3 rings (SSSR count). The average Bonchev–Trinajstić information content (AvgIpc) is 3.27. The molecule has 4 N–H and O–H groups in total. The van der Waals surface area contributed by atoms with Crippen LogP contribution in [0, 0.1) is 5.41 Å². The maximum atomic E-state index is 12.8. The van der Waals surface area contributed by atoms with E-state index in [1.165, 1.54) is 24.1 Å². The summed E-state index contributed by atoms with van der Waals surface area (Å²) in [6, 6.07) is 13.0. The summed E-state index contributed by atoms with van der Waals surface area (Å²) < 4.78 is 5.36. The number of carbonyl (C=O) groups excluding carboxylic acids is 1. The van der Waals surface area contributed by atoms with E-state index in [9.17, 15) is 4.79 Å². The molecule has 2 aromatic rings. The van der Waals surface area contributed by atoms with Crippen LogP contribution in [-0.2, 0) is 16.0 Å². The van der Waals surface area contributed by atoms with Gasteiger partial charge in [0.05, 0.1) is 6.61 Å². The van der Waals surface area contributed by atoms with Gasteiger partial charge in [-0.15, -0.1) is 12.4 Å². The van der Waals surface area contributed by atoms with E-state index in [1.807, 2.05) is 19.1 Å². The molecule has 0 aromatic heterocycles. The Morgan fingerprint density at radius 2 is 1.83 bits per heavy atom. The van der Waals surface area contributed by atoms with Crippen LogP contribution in [0.4, 0.5) is 11.4 Å². The predicted octanol–water partition coefficient (Wildman–Crippen LogP) is 4.27. The van der Waals surface area contributed by atoms with Crippen molar-refractivity contribution in [3.05, 3.63) is 59.2 Å². The molecule has 1 unspecified atom stereocenters. The molecule has 1 fully saturated rings. The monoisotopic (exact) mass is 430 g/mol. The van der Waals surface area contributed by atoms with Crippen molar-refractivity contribution in [2.75, 3.05) is 29.9 Å². The third-order valence-electron chi connectivity index (χ3n) is 5.24. The van der Waals surface area contributed by atoms with E-state index >= 15 is 0 Å². The van der Waals surface area contributed by atoms with Crippen molar-refractivity contribution in [3.8, 4) is 0 Å². The predicted molar refractivity (Wildman–Crippen MR) is 125 cm³/mol.